The number of amides is 4. The summed E-state index contributed by atoms with van der Waals surface area (Å²) < 4.78 is 19.4. The lowest BCUT2D eigenvalue weighted by Crippen LogP contribution is -2.59. The highest BCUT2D eigenvalue weighted by Crippen LogP contribution is 2.36. The number of rotatable bonds is 4. The molecule has 7 nitrogen and oxygen atoms in total. The quantitative estimate of drug-likeness (QED) is 0.888. The Hall–Kier alpha value is -2.35. The molecule has 1 saturated heterocycles. The molecule has 0 saturated carbocycles. The van der Waals surface area contributed by atoms with Gasteiger partial charge in [0.15, 0.2) is 6.61 Å². The number of carbonyl (C=O) groups excluding carboxylic acids is 3. The highest BCUT2D eigenvalue weighted by atomic mass is 35.5. The van der Waals surface area contributed by atoms with Gasteiger partial charge in [0.05, 0.1) is 16.1 Å². The van der Waals surface area contributed by atoms with Crippen LogP contribution in [0, 0.1) is 11.2 Å². The van der Waals surface area contributed by atoms with Crippen LogP contribution in [0.4, 0.5) is 14.9 Å². The van der Waals surface area contributed by atoms with E-state index in [1.807, 2.05) is 0 Å². The standard InChI is InChI=1S/C15H17ClFN3O4/c1-15(2)7-19(3)14(23)20(13(15)22)10-5-11(24-6-12(18)21)8(16)4-9(10)17/h4-5H,6-7H2,1-3H3,(H2,18,21). The van der Waals surface area contributed by atoms with Crippen molar-refractivity contribution in [1.82, 2.24) is 4.90 Å². The number of hydrogen-bond donors (Lipinski definition) is 1. The summed E-state index contributed by atoms with van der Waals surface area (Å²) in [6.07, 6.45) is 0. The molecule has 0 radical (unpaired) electrons. The second-order valence-electron chi connectivity index (χ2n) is 6.15. The normalized spacial score (nSPS) is 17.2. The summed E-state index contributed by atoms with van der Waals surface area (Å²) in [5.41, 5.74) is 3.81. The van der Waals surface area contributed by atoms with Crippen LogP contribution in [0.15, 0.2) is 12.1 Å². The summed E-state index contributed by atoms with van der Waals surface area (Å²) in [5, 5.41) is -0.109. The van der Waals surface area contributed by atoms with Crippen LogP contribution >= 0.6 is 11.6 Å². The molecular formula is C15H17ClFN3O4. The molecule has 0 atom stereocenters. The lowest BCUT2D eigenvalue weighted by molar-refractivity contribution is -0.128. The highest BCUT2D eigenvalue weighted by Gasteiger charge is 2.44. The van der Waals surface area contributed by atoms with Gasteiger partial charge in [0.2, 0.25) is 5.91 Å². The van der Waals surface area contributed by atoms with Crippen molar-refractivity contribution in [1.29, 1.82) is 0 Å². The summed E-state index contributed by atoms with van der Waals surface area (Å²) in [7, 11) is 1.52. The molecular weight excluding hydrogens is 341 g/mol. The first-order chi connectivity index (χ1) is 11.0. The number of benzene rings is 1. The second kappa shape index (κ2) is 6.27. The second-order valence-corrected chi connectivity index (χ2v) is 6.56. The largest absolute Gasteiger partial charge is 0.482 e. The monoisotopic (exact) mass is 357 g/mol. The first-order valence-corrected chi connectivity index (χ1v) is 7.42. The molecule has 4 amide bonds. The first-order valence-electron chi connectivity index (χ1n) is 7.04. The van der Waals surface area contributed by atoms with Crippen LogP contribution in [0.25, 0.3) is 0 Å². The number of nitrogens with zero attached hydrogens (tertiary/aromatic N) is 2. The van der Waals surface area contributed by atoms with Crippen molar-refractivity contribution >= 4 is 35.1 Å². The number of halogens is 2. The molecule has 1 aliphatic rings. The van der Waals surface area contributed by atoms with Crippen molar-refractivity contribution in [3.05, 3.63) is 23.0 Å². The summed E-state index contributed by atoms with van der Waals surface area (Å²) in [4.78, 5) is 37.8. The maximum Gasteiger partial charge on any atom is 0.331 e. The maximum absolute atomic E-state index is 14.3. The van der Waals surface area contributed by atoms with Crippen LogP contribution < -0.4 is 15.4 Å². The van der Waals surface area contributed by atoms with E-state index in [9.17, 15) is 18.8 Å². The van der Waals surface area contributed by atoms with Crippen LogP contribution in [0.3, 0.4) is 0 Å². The molecule has 0 spiro atoms. The fraction of sp³-hybridized carbons (Fsp3) is 0.400. The third-order valence-corrected chi connectivity index (χ3v) is 3.84. The van der Waals surface area contributed by atoms with Gasteiger partial charge in [-0.2, -0.15) is 0 Å². The van der Waals surface area contributed by atoms with E-state index < -0.39 is 35.7 Å². The van der Waals surface area contributed by atoms with Crippen LogP contribution in [-0.2, 0) is 9.59 Å². The van der Waals surface area contributed by atoms with Crippen LogP contribution in [0.2, 0.25) is 5.02 Å². The van der Waals surface area contributed by atoms with Crippen LogP contribution in [0.5, 0.6) is 5.75 Å². The zero-order chi connectivity index (χ0) is 18.2. The Morgan fingerprint density at radius 3 is 2.62 bits per heavy atom. The van der Waals surface area contributed by atoms with Gasteiger partial charge in [0.25, 0.3) is 5.91 Å². The lowest BCUT2D eigenvalue weighted by atomic mass is 9.89. The molecule has 2 rings (SSSR count). The molecule has 24 heavy (non-hydrogen) atoms. The number of carbonyl (C=O) groups is 3. The van der Waals surface area contributed by atoms with Crippen molar-refractivity contribution in [2.45, 2.75) is 13.8 Å². The Labute approximate surface area is 143 Å². The number of primary amides is 1. The molecule has 0 unspecified atom stereocenters. The lowest BCUT2D eigenvalue weighted by Gasteiger charge is -2.40. The van der Waals surface area contributed by atoms with E-state index in [0.29, 0.717) is 0 Å². The molecule has 2 N–H and O–H groups in total. The van der Waals surface area contributed by atoms with E-state index in [1.54, 1.807) is 13.8 Å². The van der Waals surface area contributed by atoms with Gasteiger partial charge >= 0.3 is 6.03 Å². The first kappa shape index (κ1) is 18.0. The minimum Gasteiger partial charge on any atom is -0.482 e. The summed E-state index contributed by atoms with van der Waals surface area (Å²) in [5.74, 6) is -2.21. The highest BCUT2D eigenvalue weighted by molar-refractivity contribution is 6.32. The van der Waals surface area contributed by atoms with E-state index in [0.717, 1.165) is 17.0 Å². The predicted octanol–water partition coefficient (Wildman–Crippen LogP) is 1.77. The van der Waals surface area contributed by atoms with Gasteiger partial charge in [0.1, 0.15) is 11.6 Å². The Morgan fingerprint density at radius 1 is 1.42 bits per heavy atom. The molecule has 1 aromatic rings. The number of urea groups is 1. The Balaban J connectivity index is 2.49. The fourth-order valence-electron chi connectivity index (χ4n) is 2.45. The van der Waals surface area contributed by atoms with Crippen molar-refractivity contribution in [2.75, 3.05) is 25.1 Å². The number of imide groups is 1. The van der Waals surface area contributed by atoms with E-state index in [4.69, 9.17) is 22.1 Å². The zero-order valence-corrected chi connectivity index (χ0v) is 14.2. The van der Waals surface area contributed by atoms with Gasteiger partial charge in [-0.15, -0.1) is 0 Å². The Kier molecular flexibility index (Phi) is 4.70. The fourth-order valence-corrected chi connectivity index (χ4v) is 2.66. The molecule has 1 fully saturated rings. The van der Waals surface area contributed by atoms with Gasteiger partial charge in [-0.25, -0.2) is 14.1 Å². The minimum absolute atomic E-state index is 0.0569. The van der Waals surface area contributed by atoms with Crippen LogP contribution in [-0.4, -0.2) is 42.9 Å². The van der Waals surface area contributed by atoms with Gasteiger partial charge in [-0.3, -0.25) is 9.59 Å². The van der Waals surface area contributed by atoms with Crippen molar-refractivity contribution in [3.63, 3.8) is 0 Å². The number of anilines is 1. The molecule has 0 bridgehead atoms. The molecule has 130 valence electrons. The third kappa shape index (κ3) is 3.28. The number of hydrogen-bond acceptors (Lipinski definition) is 4. The van der Waals surface area contributed by atoms with Gasteiger partial charge in [-0.1, -0.05) is 11.6 Å². The molecule has 1 heterocycles. The summed E-state index contributed by atoms with van der Waals surface area (Å²) >= 11 is 5.87. The smallest absolute Gasteiger partial charge is 0.331 e. The molecule has 1 aliphatic heterocycles. The van der Waals surface area contributed by atoms with E-state index in [1.165, 1.54) is 11.9 Å². The average Bonchev–Trinajstić information content (AvgIpc) is 2.46. The zero-order valence-electron chi connectivity index (χ0n) is 13.4. The molecule has 9 heteroatoms. The predicted molar refractivity (Wildman–Crippen MR) is 85.4 cm³/mol. The van der Waals surface area contributed by atoms with Gasteiger partial charge in [-0.05, 0) is 19.9 Å². The minimum atomic E-state index is -0.886. The molecule has 0 aromatic heterocycles. The maximum atomic E-state index is 14.3. The van der Waals surface area contributed by atoms with Crippen molar-refractivity contribution in [2.24, 2.45) is 11.1 Å². The average molecular weight is 358 g/mol. The SMILES string of the molecule is CN1CC(C)(C)C(=O)N(c2cc(OCC(N)=O)c(Cl)cc2F)C1=O. The third-order valence-electron chi connectivity index (χ3n) is 3.54. The van der Waals surface area contributed by atoms with Gasteiger partial charge in [0, 0.05) is 19.7 Å². The van der Waals surface area contributed by atoms with E-state index >= 15 is 0 Å². The van der Waals surface area contributed by atoms with E-state index in [-0.39, 0.29) is 23.0 Å². The topological polar surface area (TPSA) is 92.9 Å². The Morgan fingerprint density at radius 2 is 2.04 bits per heavy atom. The molecule has 1 aromatic carbocycles. The molecule has 0 aliphatic carbocycles. The van der Waals surface area contributed by atoms with Crippen molar-refractivity contribution in [3.8, 4) is 5.75 Å². The number of nitrogens with two attached hydrogens (primary N) is 1. The summed E-state index contributed by atoms with van der Waals surface area (Å²) in [6, 6.07) is 1.35. The van der Waals surface area contributed by atoms with Crippen molar-refractivity contribution < 1.29 is 23.5 Å². The van der Waals surface area contributed by atoms with Crippen LogP contribution in [0.1, 0.15) is 13.8 Å². The van der Waals surface area contributed by atoms with E-state index in [2.05, 4.69) is 0 Å². The Bertz CT molecular complexity index is 723. The van der Waals surface area contributed by atoms with Gasteiger partial charge < -0.3 is 15.4 Å². The summed E-state index contributed by atoms with van der Waals surface area (Å²) in [6.45, 7) is 3.05. The number of ether oxygens (including phenoxy) is 1.